The highest BCUT2D eigenvalue weighted by Gasteiger charge is 2.25. The number of hydrogen-bond acceptors (Lipinski definition) is 5. The number of aryl methyl sites for hydroxylation is 1. The van der Waals surface area contributed by atoms with Crippen molar-refractivity contribution < 1.29 is 0 Å². The molecule has 1 aromatic carbocycles. The van der Waals surface area contributed by atoms with Crippen LogP contribution >= 0.6 is 11.3 Å². The van der Waals surface area contributed by atoms with Gasteiger partial charge in [-0.25, -0.2) is 4.98 Å². The molecule has 1 N–H and O–H groups in total. The minimum atomic E-state index is 0.0829. The molecule has 0 amide bonds. The van der Waals surface area contributed by atoms with Gasteiger partial charge < -0.3 is 5.32 Å². The molecule has 0 radical (unpaired) electrons. The predicted molar refractivity (Wildman–Crippen MR) is 116 cm³/mol. The first kappa shape index (κ1) is 18.2. The maximum absolute atomic E-state index is 13.2. The van der Waals surface area contributed by atoms with Crippen molar-refractivity contribution in [2.24, 2.45) is 0 Å². The summed E-state index contributed by atoms with van der Waals surface area (Å²) < 4.78 is 1.73. The Balaban J connectivity index is 1.38. The molecule has 1 aliphatic rings. The summed E-state index contributed by atoms with van der Waals surface area (Å²) in [6, 6.07) is 14.6. The number of rotatable bonds is 5. The van der Waals surface area contributed by atoms with Crippen molar-refractivity contribution in [1.82, 2.24) is 19.9 Å². The minimum absolute atomic E-state index is 0.0829. The fraction of sp³-hybridized carbons (Fsp3) is 0.261. The number of nitrogens with one attached hydrogen (secondary N) is 1. The third-order valence-corrected chi connectivity index (χ3v) is 6.74. The van der Waals surface area contributed by atoms with Gasteiger partial charge in [-0.2, -0.15) is 0 Å². The Bertz CT molecular complexity index is 1180. The molecule has 3 heterocycles. The monoisotopic (exact) mass is 402 g/mol. The first-order valence-corrected chi connectivity index (χ1v) is 10.8. The van der Waals surface area contributed by atoms with Gasteiger partial charge in [-0.1, -0.05) is 30.3 Å². The van der Waals surface area contributed by atoms with Crippen molar-refractivity contribution >= 4 is 21.6 Å². The average molecular weight is 403 g/mol. The van der Waals surface area contributed by atoms with E-state index in [0.717, 1.165) is 41.6 Å². The van der Waals surface area contributed by atoms with Gasteiger partial charge in [0.05, 0.1) is 18.3 Å². The van der Waals surface area contributed by atoms with E-state index in [0.29, 0.717) is 12.6 Å². The molecule has 3 aromatic heterocycles. The summed E-state index contributed by atoms with van der Waals surface area (Å²) in [4.78, 5) is 24.0. The molecule has 0 spiro atoms. The molecule has 4 aromatic rings. The van der Waals surface area contributed by atoms with Gasteiger partial charge in [0.1, 0.15) is 4.83 Å². The third kappa shape index (κ3) is 3.73. The molecule has 5 nitrogen and oxygen atoms in total. The Morgan fingerprint density at radius 3 is 2.76 bits per heavy atom. The average Bonchev–Trinajstić information content (AvgIpc) is 3.14. The van der Waals surface area contributed by atoms with E-state index in [-0.39, 0.29) is 5.56 Å². The maximum Gasteiger partial charge on any atom is 0.262 e. The Hall–Kier alpha value is -2.83. The molecule has 5 rings (SSSR count). The normalized spacial score (nSPS) is 16.1. The van der Waals surface area contributed by atoms with Crippen LogP contribution in [0.5, 0.6) is 0 Å². The molecule has 0 aliphatic heterocycles. The van der Waals surface area contributed by atoms with Crippen LogP contribution in [0.15, 0.2) is 66.0 Å². The van der Waals surface area contributed by atoms with Crippen molar-refractivity contribution in [2.45, 2.75) is 38.4 Å². The Labute approximate surface area is 173 Å². The number of hydrogen-bond donors (Lipinski definition) is 1. The van der Waals surface area contributed by atoms with Gasteiger partial charge in [0.15, 0.2) is 0 Å². The molecule has 1 atom stereocenters. The Kier molecular flexibility index (Phi) is 4.96. The second-order valence-electron chi connectivity index (χ2n) is 7.52. The van der Waals surface area contributed by atoms with Gasteiger partial charge in [0.2, 0.25) is 0 Å². The number of thiophene rings is 1. The smallest absolute Gasteiger partial charge is 0.262 e. The van der Waals surface area contributed by atoms with Gasteiger partial charge in [-0.05, 0) is 48.1 Å². The molecule has 0 bridgehead atoms. The summed E-state index contributed by atoms with van der Waals surface area (Å²) >= 11 is 1.68. The molecular weight excluding hydrogens is 380 g/mol. The molecule has 29 heavy (non-hydrogen) atoms. The van der Waals surface area contributed by atoms with Crippen LogP contribution < -0.4 is 10.9 Å². The first-order valence-electron chi connectivity index (χ1n) is 9.94. The summed E-state index contributed by atoms with van der Waals surface area (Å²) in [5, 5.41) is 4.49. The highest BCUT2D eigenvalue weighted by Crippen LogP contribution is 2.33. The lowest BCUT2D eigenvalue weighted by Gasteiger charge is -2.23. The number of benzene rings is 1. The van der Waals surface area contributed by atoms with Gasteiger partial charge in [-0.15, -0.1) is 11.3 Å². The number of nitrogens with zero attached hydrogens (tertiary/aromatic N) is 3. The molecule has 6 heteroatoms. The number of fused-ring (bicyclic) bond motifs is 3. The SMILES string of the molecule is O=c1c2c3c(sc2ncn1Cc1ccccc1)CC(NCc1ccncc1)CC3. The predicted octanol–water partition coefficient (Wildman–Crippen LogP) is 3.55. The van der Waals surface area contributed by atoms with Crippen molar-refractivity contribution in [1.29, 1.82) is 0 Å². The van der Waals surface area contributed by atoms with Crippen molar-refractivity contribution in [3.05, 3.63) is 93.1 Å². The van der Waals surface area contributed by atoms with E-state index < -0.39 is 0 Å². The van der Waals surface area contributed by atoms with E-state index in [1.54, 1.807) is 22.2 Å². The molecule has 0 saturated carbocycles. The lowest BCUT2D eigenvalue weighted by atomic mass is 9.93. The van der Waals surface area contributed by atoms with Crippen molar-refractivity contribution in [2.75, 3.05) is 0 Å². The van der Waals surface area contributed by atoms with Crippen LogP contribution in [0.1, 0.15) is 28.0 Å². The van der Waals surface area contributed by atoms with E-state index in [9.17, 15) is 4.79 Å². The third-order valence-electron chi connectivity index (χ3n) is 5.58. The lowest BCUT2D eigenvalue weighted by molar-refractivity contribution is 0.462. The summed E-state index contributed by atoms with van der Waals surface area (Å²) in [7, 11) is 0. The lowest BCUT2D eigenvalue weighted by Crippen LogP contribution is -2.33. The fourth-order valence-electron chi connectivity index (χ4n) is 4.03. The van der Waals surface area contributed by atoms with Crippen molar-refractivity contribution in [3.63, 3.8) is 0 Å². The quantitative estimate of drug-likeness (QED) is 0.555. The van der Waals surface area contributed by atoms with E-state index in [2.05, 4.69) is 15.3 Å². The zero-order valence-corrected chi connectivity index (χ0v) is 16.9. The number of pyridine rings is 1. The maximum atomic E-state index is 13.2. The Morgan fingerprint density at radius 2 is 1.93 bits per heavy atom. The first-order chi connectivity index (χ1) is 14.3. The van der Waals surface area contributed by atoms with Crippen LogP contribution in [0, 0.1) is 0 Å². The summed E-state index contributed by atoms with van der Waals surface area (Å²) in [6.07, 6.45) is 8.27. The van der Waals surface area contributed by atoms with Gasteiger partial charge in [-0.3, -0.25) is 14.3 Å². The van der Waals surface area contributed by atoms with E-state index in [1.165, 1.54) is 16.0 Å². The zero-order chi connectivity index (χ0) is 19.6. The van der Waals surface area contributed by atoms with E-state index in [1.807, 2.05) is 54.9 Å². The summed E-state index contributed by atoms with van der Waals surface area (Å²) in [5.41, 5.74) is 3.65. The van der Waals surface area contributed by atoms with Gasteiger partial charge in [0.25, 0.3) is 5.56 Å². The molecule has 146 valence electrons. The topological polar surface area (TPSA) is 59.8 Å². The van der Waals surface area contributed by atoms with Crippen LogP contribution in [0.3, 0.4) is 0 Å². The number of aromatic nitrogens is 3. The van der Waals surface area contributed by atoms with E-state index >= 15 is 0 Å². The van der Waals surface area contributed by atoms with Crippen LogP contribution in [0.4, 0.5) is 0 Å². The molecular formula is C23H22N4OS. The second-order valence-corrected chi connectivity index (χ2v) is 8.61. The van der Waals surface area contributed by atoms with Crippen molar-refractivity contribution in [3.8, 4) is 0 Å². The zero-order valence-electron chi connectivity index (χ0n) is 16.0. The van der Waals surface area contributed by atoms with E-state index in [4.69, 9.17) is 0 Å². The molecule has 0 fully saturated rings. The van der Waals surface area contributed by atoms with Gasteiger partial charge >= 0.3 is 0 Å². The fourth-order valence-corrected chi connectivity index (χ4v) is 5.29. The molecule has 1 aliphatic carbocycles. The van der Waals surface area contributed by atoms with Gasteiger partial charge in [0, 0.05) is 29.9 Å². The van der Waals surface area contributed by atoms with Crippen LogP contribution in [0.25, 0.3) is 10.2 Å². The minimum Gasteiger partial charge on any atom is -0.310 e. The highest BCUT2D eigenvalue weighted by molar-refractivity contribution is 7.18. The summed E-state index contributed by atoms with van der Waals surface area (Å²) in [5.74, 6) is 0. The second kappa shape index (κ2) is 7.89. The molecule has 0 saturated heterocycles. The largest absolute Gasteiger partial charge is 0.310 e. The highest BCUT2D eigenvalue weighted by atomic mass is 32.1. The van der Waals surface area contributed by atoms with Crippen LogP contribution in [-0.2, 0) is 25.9 Å². The summed E-state index contributed by atoms with van der Waals surface area (Å²) in [6.45, 7) is 1.40. The standard InChI is InChI=1S/C23H22N4OS/c28-23-21-19-7-6-18(25-13-16-8-10-24-11-9-16)12-20(19)29-22(21)26-15-27(23)14-17-4-2-1-3-5-17/h1-5,8-11,15,18,25H,6-7,12-14H2. The Morgan fingerprint density at radius 1 is 1.10 bits per heavy atom. The van der Waals surface area contributed by atoms with Crippen LogP contribution in [-0.4, -0.2) is 20.6 Å². The van der Waals surface area contributed by atoms with Crippen LogP contribution in [0.2, 0.25) is 0 Å². The molecule has 1 unspecified atom stereocenters.